The molecule has 1 spiro atoms. The van der Waals surface area contributed by atoms with Gasteiger partial charge >= 0.3 is 0 Å². The van der Waals surface area contributed by atoms with E-state index in [9.17, 15) is 9.59 Å². The number of halogens is 1. The molecular weight excluding hydrogens is 429 g/mol. The Kier molecular flexibility index (Phi) is 4.27. The standard InChI is InChI=1S/C20H18INO3/c21-16-7-3-1-5-14(16)19(24)22-11-9-20(10-12-22)13-17(23)15-6-2-4-8-18(15)25-20/h1-8H,9-13H2. The second kappa shape index (κ2) is 6.44. The molecule has 0 aromatic heterocycles. The predicted octanol–water partition coefficient (Wildman–Crippen LogP) is 3.93. The first-order chi connectivity index (χ1) is 12.1. The number of likely N-dealkylation sites (tertiary alicyclic amines) is 1. The summed E-state index contributed by atoms with van der Waals surface area (Å²) in [4.78, 5) is 27.1. The third kappa shape index (κ3) is 3.05. The zero-order valence-electron chi connectivity index (χ0n) is 13.7. The summed E-state index contributed by atoms with van der Waals surface area (Å²) in [6.07, 6.45) is 1.76. The van der Waals surface area contributed by atoms with Crippen molar-refractivity contribution in [2.75, 3.05) is 13.1 Å². The molecule has 0 aliphatic carbocycles. The zero-order valence-corrected chi connectivity index (χ0v) is 15.9. The van der Waals surface area contributed by atoms with Gasteiger partial charge in [0.05, 0.1) is 17.5 Å². The summed E-state index contributed by atoms with van der Waals surface area (Å²) in [5.74, 6) is 0.873. The van der Waals surface area contributed by atoms with Crippen molar-refractivity contribution in [3.63, 3.8) is 0 Å². The molecular formula is C20H18INO3. The lowest BCUT2D eigenvalue weighted by Gasteiger charge is -2.44. The average Bonchev–Trinajstić information content (AvgIpc) is 2.62. The number of piperidine rings is 1. The number of hydrogen-bond donors (Lipinski definition) is 0. The number of fused-ring (bicyclic) bond motifs is 1. The molecule has 2 aliphatic rings. The molecule has 0 bridgehead atoms. The van der Waals surface area contributed by atoms with Crippen LogP contribution in [0.1, 0.15) is 40.0 Å². The summed E-state index contributed by atoms with van der Waals surface area (Å²) in [5, 5.41) is 0. The lowest BCUT2D eigenvalue weighted by Crippen LogP contribution is -2.52. The first kappa shape index (κ1) is 16.6. The predicted molar refractivity (Wildman–Crippen MR) is 103 cm³/mol. The first-order valence-corrected chi connectivity index (χ1v) is 9.51. The molecule has 0 unspecified atom stereocenters. The number of Topliss-reactive ketones (excluding diaryl/α,β-unsaturated/α-hetero) is 1. The van der Waals surface area contributed by atoms with E-state index in [-0.39, 0.29) is 11.7 Å². The number of ketones is 1. The van der Waals surface area contributed by atoms with E-state index in [4.69, 9.17) is 4.74 Å². The molecule has 4 rings (SSSR count). The van der Waals surface area contributed by atoms with Crippen LogP contribution < -0.4 is 4.74 Å². The number of hydrogen-bond acceptors (Lipinski definition) is 3. The molecule has 1 fully saturated rings. The van der Waals surface area contributed by atoms with Crippen molar-refractivity contribution in [2.24, 2.45) is 0 Å². The Labute approximate surface area is 160 Å². The number of amides is 1. The summed E-state index contributed by atoms with van der Waals surface area (Å²) in [7, 11) is 0. The van der Waals surface area contributed by atoms with Gasteiger partial charge in [0.1, 0.15) is 11.4 Å². The Hall–Kier alpha value is -1.89. The Morgan fingerprint density at radius 3 is 2.48 bits per heavy atom. The van der Waals surface area contributed by atoms with Crippen molar-refractivity contribution in [1.29, 1.82) is 0 Å². The Morgan fingerprint density at radius 1 is 1.04 bits per heavy atom. The van der Waals surface area contributed by atoms with Crippen LogP contribution in [0.4, 0.5) is 0 Å². The van der Waals surface area contributed by atoms with Crippen LogP contribution in [0.3, 0.4) is 0 Å². The Morgan fingerprint density at radius 2 is 1.72 bits per heavy atom. The van der Waals surface area contributed by atoms with E-state index in [2.05, 4.69) is 22.6 Å². The molecule has 0 atom stereocenters. The van der Waals surface area contributed by atoms with Gasteiger partial charge in [-0.05, 0) is 46.9 Å². The molecule has 1 amide bonds. The van der Waals surface area contributed by atoms with Gasteiger partial charge in [0.25, 0.3) is 5.91 Å². The van der Waals surface area contributed by atoms with E-state index in [1.165, 1.54) is 0 Å². The Balaban J connectivity index is 1.50. The minimum atomic E-state index is -0.466. The highest BCUT2D eigenvalue weighted by Gasteiger charge is 2.43. The van der Waals surface area contributed by atoms with Gasteiger partial charge < -0.3 is 9.64 Å². The number of ether oxygens (including phenoxy) is 1. The molecule has 2 heterocycles. The number of carbonyl (C=O) groups excluding carboxylic acids is 2. The summed E-state index contributed by atoms with van der Waals surface area (Å²) in [5.41, 5.74) is 0.946. The fourth-order valence-electron chi connectivity index (χ4n) is 3.64. The van der Waals surface area contributed by atoms with Crippen LogP contribution in [0, 0.1) is 3.57 Å². The van der Waals surface area contributed by atoms with Crippen molar-refractivity contribution >= 4 is 34.3 Å². The normalized spacial score (nSPS) is 18.6. The van der Waals surface area contributed by atoms with Crippen LogP contribution in [0.25, 0.3) is 0 Å². The van der Waals surface area contributed by atoms with Crippen LogP contribution in [-0.4, -0.2) is 35.3 Å². The maximum absolute atomic E-state index is 12.8. The molecule has 1 saturated heterocycles. The summed E-state index contributed by atoms with van der Waals surface area (Å²) >= 11 is 2.19. The van der Waals surface area contributed by atoms with Gasteiger partial charge in [-0.15, -0.1) is 0 Å². The third-order valence-corrected chi connectivity index (χ3v) is 6.00. The second-order valence-electron chi connectivity index (χ2n) is 6.65. The Bertz CT molecular complexity index is 840. The highest BCUT2D eigenvalue weighted by Crippen LogP contribution is 2.39. The number of benzene rings is 2. The minimum Gasteiger partial charge on any atom is -0.486 e. The van der Waals surface area contributed by atoms with Gasteiger partial charge in [-0.2, -0.15) is 0 Å². The SMILES string of the molecule is O=C1CC2(CCN(C(=O)c3ccccc3I)CC2)Oc2ccccc21. The van der Waals surface area contributed by atoms with E-state index in [1.807, 2.05) is 53.4 Å². The van der Waals surface area contributed by atoms with E-state index in [1.54, 1.807) is 0 Å². The van der Waals surface area contributed by atoms with Gasteiger partial charge in [0.15, 0.2) is 5.78 Å². The molecule has 0 N–H and O–H groups in total. The van der Waals surface area contributed by atoms with Crippen molar-refractivity contribution in [2.45, 2.75) is 24.9 Å². The van der Waals surface area contributed by atoms with Crippen LogP contribution in [-0.2, 0) is 0 Å². The molecule has 4 nitrogen and oxygen atoms in total. The molecule has 128 valence electrons. The van der Waals surface area contributed by atoms with Crippen molar-refractivity contribution < 1.29 is 14.3 Å². The maximum Gasteiger partial charge on any atom is 0.254 e. The average molecular weight is 447 g/mol. The zero-order chi connectivity index (χ0) is 17.4. The largest absolute Gasteiger partial charge is 0.486 e. The number of nitrogens with zero attached hydrogens (tertiary/aromatic N) is 1. The fourth-order valence-corrected chi connectivity index (χ4v) is 4.26. The second-order valence-corrected chi connectivity index (χ2v) is 7.82. The molecule has 5 heteroatoms. The van der Waals surface area contributed by atoms with E-state index in [0.717, 1.165) is 9.13 Å². The van der Waals surface area contributed by atoms with Crippen LogP contribution >= 0.6 is 22.6 Å². The molecule has 0 saturated carbocycles. The first-order valence-electron chi connectivity index (χ1n) is 8.43. The third-order valence-electron chi connectivity index (χ3n) is 5.06. The number of carbonyl (C=O) groups is 2. The molecule has 0 radical (unpaired) electrons. The summed E-state index contributed by atoms with van der Waals surface area (Å²) < 4.78 is 7.19. The topological polar surface area (TPSA) is 46.6 Å². The van der Waals surface area contributed by atoms with Gasteiger partial charge in [-0.25, -0.2) is 0 Å². The number of rotatable bonds is 1. The minimum absolute atomic E-state index is 0.0578. The summed E-state index contributed by atoms with van der Waals surface area (Å²) in [6, 6.07) is 15.1. The van der Waals surface area contributed by atoms with Gasteiger partial charge in [-0.1, -0.05) is 24.3 Å². The monoisotopic (exact) mass is 447 g/mol. The van der Waals surface area contributed by atoms with Gasteiger partial charge in [0.2, 0.25) is 0 Å². The van der Waals surface area contributed by atoms with Crippen molar-refractivity contribution in [1.82, 2.24) is 4.90 Å². The summed E-state index contributed by atoms with van der Waals surface area (Å²) in [6.45, 7) is 1.22. The molecule has 2 aliphatic heterocycles. The smallest absolute Gasteiger partial charge is 0.254 e. The lowest BCUT2D eigenvalue weighted by atomic mass is 9.82. The van der Waals surface area contributed by atoms with Crippen LogP contribution in [0.5, 0.6) is 5.75 Å². The van der Waals surface area contributed by atoms with Gasteiger partial charge in [0, 0.05) is 29.5 Å². The van der Waals surface area contributed by atoms with E-state index < -0.39 is 5.60 Å². The van der Waals surface area contributed by atoms with Crippen LogP contribution in [0.2, 0.25) is 0 Å². The van der Waals surface area contributed by atoms with E-state index in [0.29, 0.717) is 43.7 Å². The van der Waals surface area contributed by atoms with Crippen molar-refractivity contribution in [3.05, 3.63) is 63.2 Å². The molecule has 2 aromatic rings. The highest BCUT2D eigenvalue weighted by molar-refractivity contribution is 14.1. The highest BCUT2D eigenvalue weighted by atomic mass is 127. The van der Waals surface area contributed by atoms with E-state index >= 15 is 0 Å². The lowest BCUT2D eigenvalue weighted by molar-refractivity contribution is -0.00572. The maximum atomic E-state index is 12.8. The van der Waals surface area contributed by atoms with Crippen LogP contribution in [0.15, 0.2) is 48.5 Å². The van der Waals surface area contributed by atoms with Crippen molar-refractivity contribution in [3.8, 4) is 5.75 Å². The quantitative estimate of drug-likeness (QED) is 0.623. The molecule has 25 heavy (non-hydrogen) atoms. The fraction of sp³-hybridized carbons (Fsp3) is 0.300. The van der Waals surface area contributed by atoms with Gasteiger partial charge in [-0.3, -0.25) is 9.59 Å². The molecule has 2 aromatic carbocycles. The number of para-hydroxylation sites is 1.